The number of imidazole rings is 1. The van der Waals surface area contributed by atoms with Crippen LogP contribution in [0.15, 0.2) is 36.5 Å². The molecule has 2 aromatic carbocycles. The zero-order valence-electron chi connectivity index (χ0n) is 19.2. The van der Waals surface area contributed by atoms with E-state index in [9.17, 15) is 14.0 Å². The molecule has 0 unspecified atom stereocenters. The summed E-state index contributed by atoms with van der Waals surface area (Å²) in [6, 6.07) is 7.99. The Balaban J connectivity index is 2.04. The Morgan fingerprint density at radius 1 is 1.24 bits per heavy atom. The van der Waals surface area contributed by atoms with Crippen molar-refractivity contribution in [3.8, 4) is 11.4 Å². The van der Waals surface area contributed by atoms with Crippen molar-refractivity contribution in [2.75, 3.05) is 14.2 Å². The number of amides is 1. The summed E-state index contributed by atoms with van der Waals surface area (Å²) in [5.74, 6) is -0.559. The fraction of sp³-hybridized carbons (Fsp3) is 0.333. The summed E-state index contributed by atoms with van der Waals surface area (Å²) in [6.07, 6.45) is 1.51. The number of halogens is 1. The van der Waals surface area contributed by atoms with Crippen LogP contribution in [0.4, 0.5) is 4.39 Å². The van der Waals surface area contributed by atoms with Crippen LogP contribution in [0.25, 0.3) is 33.3 Å². The van der Waals surface area contributed by atoms with E-state index < -0.39 is 11.2 Å². The molecule has 0 aliphatic heterocycles. The lowest BCUT2D eigenvalue weighted by atomic mass is 9.84. The minimum absolute atomic E-state index is 0.0808. The smallest absolute Gasteiger partial charge is 0.307 e. The van der Waals surface area contributed by atoms with Gasteiger partial charge >= 0.3 is 5.97 Å². The number of carbonyl (C=O) groups excluding carboxylic acids is 2. The van der Waals surface area contributed by atoms with Gasteiger partial charge in [-0.1, -0.05) is 20.8 Å². The number of aromatic amines is 1. The van der Waals surface area contributed by atoms with Crippen LogP contribution in [0, 0.1) is 11.2 Å². The van der Waals surface area contributed by atoms with Gasteiger partial charge in [0, 0.05) is 18.2 Å². The van der Waals surface area contributed by atoms with Gasteiger partial charge in [0.05, 0.1) is 47.7 Å². The largest absolute Gasteiger partial charge is 0.469 e. The number of benzene rings is 2. The fourth-order valence-electron chi connectivity index (χ4n) is 4.06. The molecule has 2 aromatic heterocycles. The van der Waals surface area contributed by atoms with Crippen molar-refractivity contribution in [1.82, 2.24) is 25.1 Å². The van der Waals surface area contributed by atoms with E-state index in [0.717, 1.165) is 0 Å². The van der Waals surface area contributed by atoms with Crippen molar-refractivity contribution in [2.45, 2.75) is 33.2 Å². The minimum Gasteiger partial charge on any atom is -0.469 e. The molecule has 4 rings (SSSR count). The first-order chi connectivity index (χ1) is 15.6. The average Bonchev–Trinajstić information content (AvgIpc) is 3.40. The number of ether oxygens (including phenoxy) is 1. The molecule has 172 valence electrons. The van der Waals surface area contributed by atoms with Gasteiger partial charge in [-0.3, -0.25) is 14.7 Å². The van der Waals surface area contributed by atoms with Crippen molar-refractivity contribution in [3.63, 3.8) is 0 Å². The minimum atomic E-state index is -0.429. The van der Waals surface area contributed by atoms with Crippen LogP contribution in [0.2, 0.25) is 0 Å². The van der Waals surface area contributed by atoms with Crippen molar-refractivity contribution >= 4 is 33.8 Å². The van der Waals surface area contributed by atoms with Gasteiger partial charge in [-0.15, -0.1) is 0 Å². The molecule has 33 heavy (non-hydrogen) atoms. The number of H-pyrrole nitrogens is 1. The lowest BCUT2D eigenvalue weighted by Crippen LogP contribution is -2.28. The molecule has 0 saturated carbocycles. The van der Waals surface area contributed by atoms with E-state index in [4.69, 9.17) is 9.72 Å². The van der Waals surface area contributed by atoms with Gasteiger partial charge in [-0.05, 0) is 35.7 Å². The van der Waals surface area contributed by atoms with Gasteiger partial charge in [0.25, 0.3) is 5.91 Å². The van der Waals surface area contributed by atoms with E-state index in [1.807, 2.05) is 25.3 Å². The molecule has 0 aliphatic rings. The molecule has 0 saturated heterocycles. The maximum atomic E-state index is 14.8. The number of nitrogens with zero attached hydrogens (tertiary/aromatic N) is 3. The summed E-state index contributed by atoms with van der Waals surface area (Å²) in [5, 5.41) is 9.74. The van der Waals surface area contributed by atoms with Crippen LogP contribution in [-0.2, 0) is 9.53 Å². The monoisotopic (exact) mass is 451 g/mol. The number of hydrogen-bond acceptors (Lipinski definition) is 5. The number of hydrogen-bond donors (Lipinski definition) is 2. The SMILES string of the molecule is CNC(=O)c1ccc2nc(-c3cc(F)c4cn[nH]c4c3)n([C@@H](CC(=O)OC)C(C)(C)C)c2c1. The number of esters is 1. The Morgan fingerprint density at radius 2 is 2.00 bits per heavy atom. The number of aromatic nitrogens is 4. The van der Waals surface area contributed by atoms with E-state index in [-0.39, 0.29) is 24.3 Å². The molecule has 1 amide bonds. The highest BCUT2D eigenvalue weighted by molar-refractivity contribution is 5.98. The number of methoxy groups -OCH3 is 1. The molecule has 2 N–H and O–H groups in total. The highest BCUT2D eigenvalue weighted by atomic mass is 19.1. The highest BCUT2D eigenvalue weighted by Crippen LogP contribution is 2.40. The van der Waals surface area contributed by atoms with E-state index in [2.05, 4.69) is 15.5 Å². The number of nitrogens with one attached hydrogen (secondary N) is 2. The molecule has 1 atom stereocenters. The number of carbonyl (C=O) groups is 2. The fourth-order valence-corrected chi connectivity index (χ4v) is 4.06. The topological polar surface area (TPSA) is 102 Å². The summed E-state index contributed by atoms with van der Waals surface area (Å²) in [4.78, 5) is 29.5. The molecule has 0 spiro atoms. The molecule has 0 bridgehead atoms. The van der Waals surface area contributed by atoms with E-state index in [1.165, 1.54) is 19.4 Å². The van der Waals surface area contributed by atoms with Gasteiger partial charge in [-0.2, -0.15) is 5.10 Å². The standard InChI is InChI=1S/C24H26FN5O3/c1-24(2,3)20(11-21(31)33-5)30-19-10-13(23(32)26-4)6-7-17(19)28-22(30)14-8-16(25)15-12-27-29-18(15)9-14/h6-10,12,20H,11H2,1-5H3,(H,26,32)(H,27,29)/t20-/m0/s1. The lowest BCUT2D eigenvalue weighted by molar-refractivity contribution is -0.142. The van der Waals surface area contributed by atoms with Crippen LogP contribution in [0.3, 0.4) is 0 Å². The molecule has 0 fully saturated rings. The molecule has 9 heteroatoms. The Hall–Kier alpha value is -3.75. The van der Waals surface area contributed by atoms with Crippen LogP contribution >= 0.6 is 0 Å². The third-order valence-corrected chi connectivity index (χ3v) is 5.84. The number of fused-ring (bicyclic) bond motifs is 2. The number of rotatable bonds is 5. The first-order valence-corrected chi connectivity index (χ1v) is 10.6. The maximum Gasteiger partial charge on any atom is 0.307 e. The van der Waals surface area contributed by atoms with Crippen LogP contribution in [0.5, 0.6) is 0 Å². The Morgan fingerprint density at radius 3 is 2.67 bits per heavy atom. The Kier molecular flexibility index (Phi) is 5.65. The second kappa shape index (κ2) is 8.31. The Labute approximate surface area is 190 Å². The molecule has 0 aliphatic carbocycles. The third kappa shape index (κ3) is 4.06. The summed E-state index contributed by atoms with van der Waals surface area (Å²) in [6.45, 7) is 6.03. The predicted molar refractivity (Wildman–Crippen MR) is 123 cm³/mol. The normalized spacial score (nSPS) is 12.8. The second-order valence-corrected chi connectivity index (χ2v) is 9.04. The maximum absolute atomic E-state index is 14.8. The first kappa shape index (κ1) is 22.4. The van der Waals surface area contributed by atoms with Gasteiger partial charge in [0.15, 0.2) is 0 Å². The quantitative estimate of drug-likeness (QED) is 0.442. The predicted octanol–water partition coefficient (Wildman–Crippen LogP) is 4.23. The zero-order valence-corrected chi connectivity index (χ0v) is 19.2. The Bertz CT molecular complexity index is 1370. The molecule has 8 nitrogen and oxygen atoms in total. The van der Waals surface area contributed by atoms with Crippen molar-refractivity contribution in [3.05, 3.63) is 47.9 Å². The lowest BCUT2D eigenvalue weighted by Gasteiger charge is -2.33. The molecule has 4 aromatic rings. The van der Waals surface area contributed by atoms with E-state index >= 15 is 0 Å². The second-order valence-electron chi connectivity index (χ2n) is 9.04. The molecule has 0 radical (unpaired) electrons. The van der Waals surface area contributed by atoms with Gasteiger partial charge in [0.2, 0.25) is 0 Å². The summed E-state index contributed by atoms with van der Waals surface area (Å²) in [5.41, 5.74) is 2.42. The highest BCUT2D eigenvalue weighted by Gasteiger charge is 2.33. The van der Waals surface area contributed by atoms with Gasteiger partial charge in [0.1, 0.15) is 11.6 Å². The van der Waals surface area contributed by atoms with Crippen LogP contribution in [0.1, 0.15) is 43.6 Å². The molecular weight excluding hydrogens is 425 g/mol. The third-order valence-electron chi connectivity index (χ3n) is 5.84. The first-order valence-electron chi connectivity index (χ1n) is 10.6. The van der Waals surface area contributed by atoms with Crippen molar-refractivity contribution in [2.24, 2.45) is 5.41 Å². The summed E-state index contributed by atoms with van der Waals surface area (Å²) < 4.78 is 21.7. The van der Waals surface area contributed by atoms with E-state index in [1.54, 1.807) is 31.3 Å². The summed E-state index contributed by atoms with van der Waals surface area (Å²) in [7, 11) is 2.91. The van der Waals surface area contributed by atoms with Crippen molar-refractivity contribution < 1.29 is 18.7 Å². The zero-order chi connectivity index (χ0) is 23.9. The van der Waals surface area contributed by atoms with E-state index in [0.29, 0.717) is 38.9 Å². The van der Waals surface area contributed by atoms with Crippen LogP contribution < -0.4 is 5.32 Å². The molecule has 2 heterocycles. The van der Waals surface area contributed by atoms with Gasteiger partial charge < -0.3 is 14.6 Å². The van der Waals surface area contributed by atoms with Crippen molar-refractivity contribution in [1.29, 1.82) is 0 Å². The average molecular weight is 452 g/mol. The summed E-state index contributed by atoms with van der Waals surface area (Å²) >= 11 is 0. The van der Waals surface area contributed by atoms with Crippen LogP contribution in [-0.4, -0.2) is 45.8 Å². The molecular formula is C24H26FN5O3. The van der Waals surface area contributed by atoms with Gasteiger partial charge in [-0.25, -0.2) is 9.37 Å².